The van der Waals surface area contributed by atoms with Gasteiger partial charge in [-0.25, -0.2) is 4.98 Å². The van der Waals surface area contributed by atoms with Gasteiger partial charge in [0, 0.05) is 41.5 Å². The molecule has 0 saturated carbocycles. The van der Waals surface area contributed by atoms with Gasteiger partial charge >= 0.3 is 0 Å². The first kappa shape index (κ1) is 15.2. The van der Waals surface area contributed by atoms with E-state index in [1.54, 1.807) is 6.33 Å². The van der Waals surface area contributed by atoms with Crippen LogP contribution >= 0.6 is 23.5 Å². The lowest BCUT2D eigenvalue weighted by atomic mass is 10.1. The third kappa shape index (κ3) is 4.13. The molecule has 1 aliphatic rings. The van der Waals surface area contributed by atoms with Crippen LogP contribution < -0.4 is 5.32 Å². The molecule has 0 spiro atoms. The number of hydrogen-bond donors (Lipinski definition) is 1. The summed E-state index contributed by atoms with van der Waals surface area (Å²) in [6.07, 6.45) is 3.80. The molecule has 108 valence electrons. The van der Waals surface area contributed by atoms with Crippen molar-refractivity contribution in [3.05, 3.63) is 12.2 Å². The van der Waals surface area contributed by atoms with Crippen molar-refractivity contribution in [1.29, 1.82) is 0 Å². The summed E-state index contributed by atoms with van der Waals surface area (Å²) < 4.78 is 1.89. The van der Waals surface area contributed by atoms with Gasteiger partial charge in [0.2, 0.25) is 0 Å². The molecule has 19 heavy (non-hydrogen) atoms. The quantitative estimate of drug-likeness (QED) is 0.870. The maximum atomic E-state index is 4.38. The minimum atomic E-state index is 0.496. The summed E-state index contributed by atoms with van der Waals surface area (Å²) in [7, 11) is 1.98. The first-order valence-electron chi connectivity index (χ1n) is 7.01. The van der Waals surface area contributed by atoms with Crippen LogP contribution in [0.1, 0.15) is 26.1 Å². The van der Waals surface area contributed by atoms with Gasteiger partial charge in [-0.15, -0.1) is 0 Å². The van der Waals surface area contributed by atoms with Crippen LogP contribution in [0.4, 0.5) is 0 Å². The smallest absolute Gasteiger partial charge is 0.138 e. The second-order valence-corrected chi connectivity index (χ2v) is 7.75. The Morgan fingerprint density at radius 2 is 2.26 bits per heavy atom. The molecule has 1 aliphatic heterocycles. The number of nitrogens with zero attached hydrogens (tertiary/aromatic N) is 3. The third-order valence-corrected chi connectivity index (χ3v) is 6.75. The first-order valence-corrected chi connectivity index (χ1v) is 9.11. The summed E-state index contributed by atoms with van der Waals surface area (Å²) in [6.45, 7) is 5.66. The minimum absolute atomic E-state index is 0.496. The molecular formula is C13H24N4S2. The normalized spacial score (nSPS) is 25.4. The van der Waals surface area contributed by atoms with Crippen molar-refractivity contribution in [3.63, 3.8) is 0 Å². The molecule has 1 N–H and O–H groups in total. The van der Waals surface area contributed by atoms with E-state index in [9.17, 15) is 0 Å². The fourth-order valence-electron chi connectivity index (χ4n) is 2.43. The van der Waals surface area contributed by atoms with Crippen LogP contribution in [0, 0.1) is 0 Å². The van der Waals surface area contributed by atoms with Gasteiger partial charge in [-0.05, 0) is 13.0 Å². The van der Waals surface area contributed by atoms with E-state index in [1.165, 1.54) is 17.9 Å². The van der Waals surface area contributed by atoms with E-state index >= 15 is 0 Å². The Morgan fingerprint density at radius 3 is 2.89 bits per heavy atom. The Labute approximate surface area is 124 Å². The van der Waals surface area contributed by atoms with Gasteiger partial charge in [-0.1, -0.05) is 13.8 Å². The predicted molar refractivity (Wildman–Crippen MR) is 85.0 cm³/mol. The van der Waals surface area contributed by atoms with E-state index in [4.69, 9.17) is 0 Å². The van der Waals surface area contributed by atoms with Crippen molar-refractivity contribution in [2.75, 3.05) is 18.1 Å². The zero-order valence-electron chi connectivity index (χ0n) is 12.0. The van der Waals surface area contributed by atoms with Crippen LogP contribution in [-0.4, -0.2) is 49.4 Å². The minimum Gasteiger partial charge on any atom is -0.312 e. The maximum absolute atomic E-state index is 4.38. The van der Waals surface area contributed by atoms with E-state index < -0.39 is 0 Å². The van der Waals surface area contributed by atoms with Crippen LogP contribution in [0.2, 0.25) is 0 Å². The van der Waals surface area contributed by atoms with Crippen LogP contribution in [0.3, 0.4) is 0 Å². The van der Waals surface area contributed by atoms with Gasteiger partial charge in [0.1, 0.15) is 12.2 Å². The fourth-order valence-corrected chi connectivity index (χ4v) is 5.39. The van der Waals surface area contributed by atoms with Gasteiger partial charge in [-0.2, -0.15) is 28.6 Å². The second kappa shape index (κ2) is 7.55. The van der Waals surface area contributed by atoms with E-state index in [0.717, 1.165) is 18.8 Å². The molecule has 0 amide bonds. The standard InChI is InChI=1S/C13H24N4S2/c1-4-5-14-11(8-12-15-9-16-17(12)3)13-10(2)18-6-7-19-13/h9-11,13-14H,4-8H2,1-3H3. The number of thioether (sulfide) groups is 2. The molecule has 3 unspecified atom stereocenters. The number of rotatable bonds is 6. The second-order valence-electron chi connectivity index (χ2n) is 4.98. The van der Waals surface area contributed by atoms with Crippen molar-refractivity contribution in [1.82, 2.24) is 20.1 Å². The van der Waals surface area contributed by atoms with Crippen molar-refractivity contribution in [2.24, 2.45) is 7.05 Å². The Hall–Kier alpha value is -0.200. The van der Waals surface area contributed by atoms with Gasteiger partial charge in [-0.3, -0.25) is 4.68 Å². The molecule has 4 nitrogen and oxygen atoms in total. The molecule has 0 radical (unpaired) electrons. The summed E-state index contributed by atoms with van der Waals surface area (Å²) in [5.74, 6) is 3.63. The average Bonchev–Trinajstić information content (AvgIpc) is 2.81. The van der Waals surface area contributed by atoms with E-state index in [2.05, 4.69) is 52.8 Å². The molecule has 1 saturated heterocycles. The highest BCUT2D eigenvalue weighted by atomic mass is 32.2. The molecule has 0 bridgehead atoms. The van der Waals surface area contributed by atoms with Crippen molar-refractivity contribution in [2.45, 2.75) is 43.2 Å². The maximum Gasteiger partial charge on any atom is 0.138 e. The van der Waals surface area contributed by atoms with Crippen LogP contribution in [0.25, 0.3) is 0 Å². The summed E-state index contributed by atoms with van der Waals surface area (Å²) in [5, 5.41) is 9.28. The molecule has 1 aromatic heterocycles. The lowest BCUT2D eigenvalue weighted by Gasteiger charge is -2.35. The third-order valence-electron chi connectivity index (χ3n) is 3.50. The number of aromatic nitrogens is 3. The largest absolute Gasteiger partial charge is 0.312 e. The monoisotopic (exact) mass is 300 g/mol. The average molecular weight is 300 g/mol. The van der Waals surface area contributed by atoms with Gasteiger partial charge in [0.25, 0.3) is 0 Å². The summed E-state index contributed by atoms with van der Waals surface area (Å²) in [6, 6.07) is 0.496. The summed E-state index contributed by atoms with van der Waals surface area (Å²) in [4.78, 5) is 4.38. The Kier molecular flexibility index (Phi) is 6.04. The zero-order valence-corrected chi connectivity index (χ0v) is 13.6. The van der Waals surface area contributed by atoms with Gasteiger partial charge in [0.15, 0.2) is 0 Å². The van der Waals surface area contributed by atoms with Crippen molar-refractivity contribution in [3.8, 4) is 0 Å². The Bertz CT molecular complexity index is 382. The van der Waals surface area contributed by atoms with E-state index in [-0.39, 0.29) is 0 Å². The number of hydrogen-bond acceptors (Lipinski definition) is 5. The first-order chi connectivity index (χ1) is 9.22. The molecule has 2 heterocycles. The zero-order chi connectivity index (χ0) is 13.7. The van der Waals surface area contributed by atoms with Gasteiger partial charge in [0.05, 0.1) is 0 Å². The van der Waals surface area contributed by atoms with Crippen LogP contribution in [0.15, 0.2) is 6.33 Å². The summed E-state index contributed by atoms with van der Waals surface area (Å²) >= 11 is 4.22. The molecule has 0 aliphatic carbocycles. The van der Waals surface area contributed by atoms with E-state index in [1.807, 2.05) is 11.7 Å². The Morgan fingerprint density at radius 1 is 1.47 bits per heavy atom. The van der Waals surface area contributed by atoms with E-state index in [0.29, 0.717) is 16.5 Å². The molecule has 1 aromatic rings. The molecular weight excluding hydrogens is 276 g/mol. The van der Waals surface area contributed by atoms with Crippen molar-refractivity contribution >= 4 is 23.5 Å². The summed E-state index contributed by atoms with van der Waals surface area (Å²) in [5.41, 5.74) is 0. The SMILES string of the molecule is CCCNC(Cc1ncnn1C)C1SCCSC1C. The molecule has 6 heteroatoms. The topological polar surface area (TPSA) is 42.7 Å². The highest BCUT2D eigenvalue weighted by molar-refractivity contribution is 8.07. The van der Waals surface area contributed by atoms with Gasteiger partial charge < -0.3 is 5.32 Å². The molecule has 1 fully saturated rings. The highest BCUT2D eigenvalue weighted by Gasteiger charge is 2.30. The highest BCUT2D eigenvalue weighted by Crippen LogP contribution is 2.33. The van der Waals surface area contributed by atoms with Crippen LogP contribution in [0.5, 0.6) is 0 Å². The Balaban J connectivity index is 2.04. The predicted octanol–water partition coefficient (Wildman–Crippen LogP) is 1.96. The van der Waals surface area contributed by atoms with Crippen LogP contribution in [-0.2, 0) is 13.5 Å². The van der Waals surface area contributed by atoms with Crippen molar-refractivity contribution < 1.29 is 0 Å². The molecule has 0 aromatic carbocycles. The number of nitrogens with one attached hydrogen (secondary N) is 1. The number of aryl methyl sites for hydroxylation is 1. The molecule has 2 rings (SSSR count). The fraction of sp³-hybridized carbons (Fsp3) is 0.846. The lowest BCUT2D eigenvalue weighted by molar-refractivity contribution is 0.470. The molecule has 3 atom stereocenters. The lowest BCUT2D eigenvalue weighted by Crippen LogP contribution is -2.46.